The second-order valence-electron chi connectivity index (χ2n) is 9.29. The second kappa shape index (κ2) is 17.7. The lowest BCUT2D eigenvalue weighted by Gasteiger charge is -2.10. The molecule has 0 amide bonds. The fourth-order valence-electron chi connectivity index (χ4n) is 3.75. The third kappa shape index (κ3) is 12.5. The van der Waals surface area contributed by atoms with Gasteiger partial charge in [0.05, 0.1) is 18.8 Å². The average Bonchev–Trinajstić information content (AvgIpc) is 2.88. The Kier molecular flexibility index (Phi) is 14.4. The summed E-state index contributed by atoms with van der Waals surface area (Å²) in [5.41, 5.74) is 0.499. The van der Waals surface area contributed by atoms with Crippen LogP contribution in [-0.2, 0) is 0 Å². The first-order valence-electron chi connectivity index (χ1n) is 13.4. The van der Waals surface area contributed by atoms with Gasteiger partial charge in [0.15, 0.2) is 0 Å². The lowest BCUT2D eigenvalue weighted by molar-refractivity contribution is 0.0734. The molecule has 0 aliphatic heterocycles. The maximum Gasteiger partial charge on any atom is 0.343 e. The molecule has 0 heterocycles. The van der Waals surface area contributed by atoms with Crippen LogP contribution in [0, 0.1) is 5.92 Å². The van der Waals surface area contributed by atoms with E-state index in [0.29, 0.717) is 24.5 Å². The van der Waals surface area contributed by atoms with Crippen molar-refractivity contribution < 1.29 is 19.0 Å². The van der Waals surface area contributed by atoms with E-state index in [4.69, 9.17) is 14.2 Å². The topological polar surface area (TPSA) is 44.8 Å². The van der Waals surface area contributed by atoms with Gasteiger partial charge in [-0.05, 0) is 86.6 Å². The number of carbonyl (C=O) groups is 1. The molecule has 0 radical (unpaired) electrons. The summed E-state index contributed by atoms with van der Waals surface area (Å²) < 4.78 is 17.1. The summed E-state index contributed by atoms with van der Waals surface area (Å²) in [5.74, 6) is 2.42. The molecule has 0 unspecified atom stereocenters. The van der Waals surface area contributed by atoms with Crippen molar-refractivity contribution in [1.82, 2.24) is 0 Å². The van der Waals surface area contributed by atoms with Crippen LogP contribution in [0.5, 0.6) is 17.2 Å². The van der Waals surface area contributed by atoms with Gasteiger partial charge >= 0.3 is 5.97 Å². The summed E-state index contributed by atoms with van der Waals surface area (Å²) in [6.07, 6.45) is 15.2. The highest BCUT2D eigenvalue weighted by Crippen LogP contribution is 2.20. The van der Waals surface area contributed by atoms with Crippen LogP contribution in [0.1, 0.15) is 94.8 Å². The summed E-state index contributed by atoms with van der Waals surface area (Å²) in [6, 6.07) is 14.4. The van der Waals surface area contributed by atoms with Crippen molar-refractivity contribution in [3.8, 4) is 17.2 Å². The SMILES string of the molecule is C=CCCCCCCCCCOc1ccc(C(=O)Oc2ccc(OCCC[C@@H](C)CC)cc2)cc1. The maximum absolute atomic E-state index is 12.5. The van der Waals surface area contributed by atoms with Gasteiger partial charge in [0, 0.05) is 0 Å². The number of benzene rings is 2. The predicted octanol–water partition coefficient (Wildman–Crippen LogP) is 8.80. The van der Waals surface area contributed by atoms with Crippen LogP contribution >= 0.6 is 0 Å². The van der Waals surface area contributed by atoms with Gasteiger partial charge < -0.3 is 14.2 Å². The molecular formula is C31H44O4. The summed E-state index contributed by atoms with van der Waals surface area (Å²) in [4.78, 5) is 12.5. The molecule has 2 rings (SSSR count). The quantitative estimate of drug-likeness (QED) is 0.0872. The smallest absolute Gasteiger partial charge is 0.343 e. The first kappa shape index (κ1) is 28.5. The molecule has 1 atom stereocenters. The van der Waals surface area contributed by atoms with Crippen molar-refractivity contribution in [2.45, 2.75) is 84.5 Å². The molecule has 0 saturated carbocycles. The minimum absolute atomic E-state index is 0.383. The van der Waals surface area contributed by atoms with Crippen molar-refractivity contribution in [2.24, 2.45) is 5.92 Å². The molecule has 2 aromatic rings. The average molecular weight is 481 g/mol. The molecule has 0 aromatic heterocycles. The molecular weight excluding hydrogens is 436 g/mol. The number of rotatable bonds is 19. The Labute approximate surface area is 212 Å². The Bertz CT molecular complexity index is 826. The van der Waals surface area contributed by atoms with Crippen LogP contribution in [0.2, 0.25) is 0 Å². The maximum atomic E-state index is 12.5. The molecule has 192 valence electrons. The normalized spacial score (nSPS) is 11.6. The predicted molar refractivity (Wildman–Crippen MR) is 145 cm³/mol. The fraction of sp³-hybridized carbons (Fsp3) is 0.516. The summed E-state index contributed by atoms with van der Waals surface area (Å²) in [7, 11) is 0. The van der Waals surface area contributed by atoms with Crippen molar-refractivity contribution in [3.63, 3.8) is 0 Å². The Morgan fingerprint density at radius 2 is 1.29 bits per heavy atom. The largest absolute Gasteiger partial charge is 0.494 e. The summed E-state index contributed by atoms with van der Waals surface area (Å²) in [5, 5.41) is 0. The standard InChI is InChI=1S/C31H44O4/c1-4-6-7-8-9-10-11-12-13-24-33-28-18-16-27(17-19-28)31(32)35-30-22-20-29(21-23-30)34-25-14-15-26(3)5-2/h4,16-23,26H,1,5-15,24-25H2,2-3H3/t26-/m0/s1. The Morgan fingerprint density at radius 1 is 0.771 bits per heavy atom. The highest BCUT2D eigenvalue weighted by Gasteiger charge is 2.09. The number of hydrogen-bond acceptors (Lipinski definition) is 4. The molecule has 35 heavy (non-hydrogen) atoms. The van der Waals surface area contributed by atoms with Gasteiger partial charge in [-0.1, -0.05) is 58.4 Å². The third-order valence-electron chi connectivity index (χ3n) is 6.25. The van der Waals surface area contributed by atoms with E-state index in [-0.39, 0.29) is 5.97 Å². The molecule has 0 spiro atoms. The molecule has 4 nitrogen and oxygen atoms in total. The molecule has 4 heteroatoms. The first-order chi connectivity index (χ1) is 17.1. The number of hydrogen-bond donors (Lipinski definition) is 0. The molecule has 0 N–H and O–H groups in total. The van der Waals surface area contributed by atoms with Crippen LogP contribution in [-0.4, -0.2) is 19.2 Å². The van der Waals surface area contributed by atoms with E-state index in [1.165, 1.54) is 51.4 Å². The van der Waals surface area contributed by atoms with Crippen molar-refractivity contribution in [2.75, 3.05) is 13.2 Å². The number of esters is 1. The van der Waals surface area contributed by atoms with E-state index in [1.54, 1.807) is 24.3 Å². The van der Waals surface area contributed by atoms with E-state index < -0.39 is 0 Å². The highest BCUT2D eigenvalue weighted by atomic mass is 16.5. The van der Waals surface area contributed by atoms with Crippen LogP contribution in [0.25, 0.3) is 0 Å². The zero-order valence-electron chi connectivity index (χ0n) is 21.8. The van der Waals surface area contributed by atoms with E-state index in [9.17, 15) is 4.79 Å². The number of unbranched alkanes of at least 4 members (excludes halogenated alkanes) is 7. The number of carbonyl (C=O) groups excluding carboxylic acids is 1. The minimum atomic E-state index is -0.383. The van der Waals surface area contributed by atoms with Crippen molar-refractivity contribution in [3.05, 3.63) is 66.7 Å². The van der Waals surface area contributed by atoms with Crippen LogP contribution < -0.4 is 14.2 Å². The first-order valence-corrected chi connectivity index (χ1v) is 13.4. The Hall–Kier alpha value is -2.75. The summed E-state index contributed by atoms with van der Waals surface area (Å²) >= 11 is 0. The summed E-state index contributed by atoms with van der Waals surface area (Å²) in [6.45, 7) is 9.64. The van der Waals surface area contributed by atoms with Crippen LogP contribution in [0.3, 0.4) is 0 Å². The Morgan fingerprint density at radius 3 is 1.89 bits per heavy atom. The van der Waals surface area contributed by atoms with Crippen molar-refractivity contribution >= 4 is 5.97 Å². The molecule has 2 aromatic carbocycles. The fourth-order valence-corrected chi connectivity index (χ4v) is 3.75. The van der Waals surface area contributed by atoms with E-state index in [1.807, 2.05) is 30.3 Å². The van der Waals surface area contributed by atoms with Crippen molar-refractivity contribution in [1.29, 1.82) is 0 Å². The Balaban J connectivity index is 1.62. The zero-order chi connectivity index (χ0) is 25.1. The zero-order valence-corrected chi connectivity index (χ0v) is 21.8. The third-order valence-corrected chi connectivity index (χ3v) is 6.25. The van der Waals surface area contributed by atoms with Gasteiger partial charge in [0.1, 0.15) is 17.2 Å². The van der Waals surface area contributed by atoms with E-state index in [2.05, 4.69) is 20.4 Å². The van der Waals surface area contributed by atoms with Gasteiger partial charge in [-0.25, -0.2) is 4.79 Å². The van der Waals surface area contributed by atoms with Gasteiger partial charge in [0.2, 0.25) is 0 Å². The lowest BCUT2D eigenvalue weighted by atomic mass is 10.0. The van der Waals surface area contributed by atoms with Gasteiger partial charge in [-0.3, -0.25) is 0 Å². The molecule has 0 saturated heterocycles. The minimum Gasteiger partial charge on any atom is -0.494 e. The monoisotopic (exact) mass is 480 g/mol. The highest BCUT2D eigenvalue weighted by molar-refractivity contribution is 5.91. The van der Waals surface area contributed by atoms with Gasteiger partial charge in [-0.15, -0.1) is 6.58 Å². The van der Waals surface area contributed by atoms with Crippen LogP contribution in [0.15, 0.2) is 61.2 Å². The van der Waals surface area contributed by atoms with Gasteiger partial charge in [0.25, 0.3) is 0 Å². The number of ether oxygens (including phenoxy) is 3. The number of allylic oxidation sites excluding steroid dienone is 1. The molecule has 0 aliphatic rings. The van der Waals surface area contributed by atoms with Gasteiger partial charge in [-0.2, -0.15) is 0 Å². The molecule has 0 fully saturated rings. The lowest BCUT2D eigenvalue weighted by Crippen LogP contribution is -2.08. The van der Waals surface area contributed by atoms with E-state index in [0.717, 1.165) is 36.7 Å². The second-order valence-corrected chi connectivity index (χ2v) is 9.29. The van der Waals surface area contributed by atoms with E-state index >= 15 is 0 Å². The van der Waals surface area contributed by atoms with Crippen LogP contribution in [0.4, 0.5) is 0 Å². The molecule has 0 bridgehead atoms. The molecule has 0 aliphatic carbocycles.